The number of benzene rings is 2. The quantitative estimate of drug-likeness (QED) is 0.414. The van der Waals surface area contributed by atoms with E-state index in [1.807, 2.05) is 54.4 Å². The molecule has 11 nitrogen and oxygen atoms in total. The van der Waals surface area contributed by atoms with Crippen LogP contribution in [0.5, 0.6) is 5.75 Å². The highest BCUT2D eigenvalue weighted by atomic mass is 16.5. The smallest absolute Gasteiger partial charge is 0.243 e. The van der Waals surface area contributed by atoms with Crippen molar-refractivity contribution in [3.63, 3.8) is 0 Å². The van der Waals surface area contributed by atoms with Crippen LogP contribution in [0, 0.1) is 11.8 Å². The van der Waals surface area contributed by atoms with Crippen LogP contribution in [-0.2, 0) is 34.4 Å². The number of rotatable bonds is 8. The standard InChI is InChI=1S/C32H41N7O4/c1-37-28-10-7-22(16-26(28)35-36-37)19-34-30(40)29-17-23(15-21-5-8-25(43-2)9-6-21)20-39(29)32(42)27-18-24(11-12-33-27)31(41)38-13-3-4-14-38/h5-10,16,23-24,27,29,33H,3-4,11-15,17-20H2,1-2H3,(H,34,40)/t23-,24+,27-,29+/m1/s1. The Morgan fingerprint density at radius 1 is 1.02 bits per heavy atom. The number of piperidine rings is 1. The van der Waals surface area contributed by atoms with Gasteiger partial charge in [0.1, 0.15) is 17.3 Å². The van der Waals surface area contributed by atoms with E-state index in [-0.39, 0.29) is 29.6 Å². The molecule has 0 saturated carbocycles. The largest absolute Gasteiger partial charge is 0.497 e. The first-order valence-corrected chi connectivity index (χ1v) is 15.4. The van der Waals surface area contributed by atoms with Crippen LogP contribution in [0.15, 0.2) is 42.5 Å². The number of hydrogen-bond donors (Lipinski definition) is 2. The summed E-state index contributed by atoms with van der Waals surface area (Å²) in [6.45, 7) is 3.07. The average Bonchev–Trinajstić information content (AvgIpc) is 3.80. The molecule has 0 radical (unpaired) electrons. The van der Waals surface area contributed by atoms with Gasteiger partial charge in [0, 0.05) is 39.1 Å². The normalized spacial score (nSPS) is 24.0. The third-order valence-corrected chi connectivity index (χ3v) is 9.27. The summed E-state index contributed by atoms with van der Waals surface area (Å²) in [5.41, 5.74) is 3.76. The molecule has 4 heterocycles. The van der Waals surface area contributed by atoms with E-state index in [1.165, 1.54) is 0 Å². The Morgan fingerprint density at radius 2 is 1.79 bits per heavy atom. The zero-order chi connectivity index (χ0) is 29.9. The highest BCUT2D eigenvalue weighted by Crippen LogP contribution is 2.30. The SMILES string of the molecule is COc1ccc(C[C@@H]2C[C@@H](C(=O)NCc3ccc4c(c3)nnn4C)N(C(=O)[C@H]3C[C@@H](C(=O)N4CCCC4)CCN3)C2)cc1. The minimum atomic E-state index is -0.576. The first-order chi connectivity index (χ1) is 20.9. The number of aryl methyl sites for hydroxylation is 1. The van der Waals surface area contributed by atoms with Crippen molar-refractivity contribution in [1.29, 1.82) is 0 Å². The summed E-state index contributed by atoms with van der Waals surface area (Å²) in [7, 11) is 3.49. The fourth-order valence-electron chi connectivity index (χ4n) is 6.89. The number of hydrogen-bond acceptors (Lipinski definition) is 7. The highest BCUT2D eigenvalue weighted by Gasteiger charge is 2.43. The van der Waals surface area contributed by atoms with E-state index in [2.05, 4.69) is 20.9 Å². The van der Waals surface area contributed by atoms with Crippen LogP contribution in [0.4, 0.5) is 0 Å². The monoisotopic (exact) mass is 587 g/mol. The van der Waals surface area contributed by atoms with Crippen molar-refractivity contribution in [2.45, 2.75) is 57.2 Å². The predicted molar refractivity (Wildman–Crippen MR) is 161 cm³/mol. The Morgan fingerprint density at radius 3 is 2.56 bits per heavy atom. The zero-order valence-corrected chi connectivity index (χ0v) is 25.0. The number of ether oxygens (including phenoxy) is 1. The van der Waals surface area contributed by atoms with Gasteiger partial charge in [0.05, 0.1) is 18.7 Å². The molecule has 43 heavy (non-hydrogen) atoms. The summed E-state index contributed by atoms with van der Waals surface area (Å²) < 4.78 is 7.01. The third-order valence-electron chi connectivity index (χ3n) is 9.27. The van der Waals surface area contributed by atoms with Crippen LogP contribution in [0.3, 0.4) is 0 Å². The third kappa shape index (κ3) is 6.36. The number of likely N-dealkylation sites (tertiary alicyclic amines) is 2. The van der Waals surface area contributed by atoms with E-state index in [9.17, 15) is 14.4 Å². The molecule has 3 amide bonds. The number of amides is 3. The van der Waals surface area contributed by atoms with E-state index in [4.69, 9.17) is 4.74 Å². The van der Waals surface area contributed by atoms with Gasteiger partial charge < -0.3 is 25.2 Å². The summed E-state index contributed by atoms with van der Waals surface area (Å²) in [6, 6.07) is 12.7. The van der Waals surface area contributed by atoms with Crippen molar-refractivity contribution in [2.75, 3.05) is 33.3 Å². The molecule has 3 aliphatic rings. The van der Waals surface area contributed by atoms with Crippen molar-refractivity contribution in [3.05, 3.63) is 53.6 Å². The zero-order valence-electron chi connectivity index (χ0n) is 25.0. The van der Waals surface area contributed by atoms with Crippen LogP contribution in [0.2, 0.25) is 0 Å². The van der Waals surface area contributed by atoms with Gasteiger partial charge in [-0.05, 0) is 86.4 Å². The molecule has 2 N–H and O–H groups in total. The maximum absolute atomic E-state index is 14.0. The Labute approximate surface area is 251 Å². The van der Waals surface area contributed by atoms with Crippen LogP contribution < -0.4 is 15.4 Å². The van der Waals surface area contributed by atoms with E-state index in [0.29, 0.717) is 32.5 Å². The highest BCUT2D eigenvalue weighted by molar-refractivity contribution is 5.91. The molecular weight excluding hydrogens is 546 g/mol. The molecule has 4 atom stereocenters. The molecule has 2 aromatic carbocycles. The number of aromatic nitrogens is 3. The van der Waals surface area contributed by atoms with Crippen LogP contribution in [0.1, 0.15) is 43.2 Å². The Hall–Kier alpha value is -3.99. The molecule has 3 aromatic rings. The molecular formula is C32H41N7O4. The topological polar surface area (TPSA) is 122 Å². The van der Waals surface area contributed by atoms with E-state index >= 15 is 0 Å². The summed E-state index contributed by atoms with van der Waals surface area (Å²) in [6.07, 6.45) is 4.64. The molecule has 11 heteroatoms. The Bertz CT molecular complexity index is 1470. The predicted octanol–water partition coefficient (Wildman–Crippen LogP) is 2.04. The summed E-state index contributed by atoms with van der Waals surface area (Å²) >= 11 is 0. The van der Waals surface area contributed by atoms with Gasteiger partial charge in [-0.15, -0.1) is 5.10 Å². The van der Waals surface area contributed by atoms with E-state index in [1.54, 1.807) is 16.7 Å². The van der Waals surface area contributed by atoms with Crippen molar-refractivity contribution in [2.24, 2.45) is 18.9 Å². The number of nitrogens with zero attached hydrogens (tertiary/aromatic N) is 5. The van der Waals surface area contributed by atoms with Gasteiger partial charge in [-0.1, -0.05) is 23.4 Å². The number of fused-ring (bicyclic) bond motifs is 1. The second kappa shape index (κ2) is 12.7. The van der Waals surface area contributed by atoms with Gasteiger partial charge in [-0.25, -0.2) is 4.68 Å². The second-order valence-electron chi connectivity index (χ2n) is 12.2. The van der Waals surface area contributed by atoms with Crippen LogP contribution in [-0.4, -0.2) is 87.9 Å². The minimum absolute atomic E-state index is 0.0858. The van der Waals surface area contributed by atoms with Gasteiger partial charge in [-0.2, -0.15) is 0 Å². The lowest BCUT2D eigenvalue weighted by atomic mass is 9.90. The number of methoxy groups -OCH3 is 1. The second-order valence-corrected chi connectivity index (χ2v) is 12.2. The maximum atomic E-state index is 14.0. The van der Waals surface area contributed by atoms with Gasteiger partial charge in [0.25, 0.3) is 0 Å². The lowest BCUT2D eigenvalue weighted by Gasteiger charge is -2.34. The fraction of sp³-hybridized carbons (Fsp3) is 0.531. The van der Waals surface area contributed by atoms with E-state index < -0.39 is 12.1 Å². The van der Waals surface area contributed by atoms with Crippen LogP contribution >= 0.6 is 0 Å². The molecule has 0 bridgehead atoms. The van der Waals surface area contributed by atoms with Crippen LogP contribution in [0.25, 0.3) is 11.0 Å². The van der Waals surface area contributed by atoms with Gasteiger partial charge in [0.15, 0.2) is 0 Å². The number of carbonyl (C=O) groups is 3. The molecule has 3 saturated heterocycles. The fourth-order valence-corrected chi connectivity index (χ4v) is 6.89. The molecule has 3 fully saturated rings. The van der Waals surface area contributed by atoms with Crippen molar-refractivity contribution >= 4 is 28.8 Å². The molecule has 3 aliphatic heterocycles. The number of carbonyl (C=O) groups excluding carboxylic acids is 3. The summed E-state index contributed by atoms with van der Waals surface area (Å²) in [4.78, 5) is 44.6. The molecule has 1 aromatic heterocycles. The van der Waals surface area contributed by atoms with Gasteiger partial charge in [0.2, 0.25) is 17.7 Å². The Balaban J connectivity index is 1.16. The van der Waals surface area contributed by atoms with E-state index in [0.717, 1.165) is 66.7 Å². The van der Waals surface area contributed by atoms with Gasteiger partial charge >= 0.3 is 0 Å². The van der Waals surface area contributed by atoms with Crippen molar-refractivity contribution in [1.82, 2.24) is 35.4 Å². The molecule has 0 unspecified atom stereocenters. The summed E-state index contributed by atoms with van der Waals surface area (Å²) in [5, 5.41) is 14.7. The lowest BCUT2D eigenvalue weighted by Crippen LogP contribution is -2.55. The van der Waals surface area contributed by atoms with Crippen molar-refractivity contribution < 1.29 is 19.1 Å². The molecule has 0 spiro atoms. The first kappa shape index (κ1) is 29.1. The Kier molecular flexibility index (Phi) is 8.60. The summed E-state index contributed by atoms with van der Waals surface area (Å²) in [5.74, 6) is 0.696. The molecule has 6 rings (SSSR count). The maximum Gasteiger partial charge on any atom is 0.243 e. The van der Waals surface area contributed by atoms with Crippen molar-refractivity contribution in [3.8, 4) is 5.75 Å². The molecule has 0 aliphatic carbocycles. The number of nitrogens with one attached hydrogen (secondary N) is 2. The lowest BCUT2D eigenvalue weighted by molar-refractivity contribution is -0.142. The minimum Gasteiger partial charge on any atom is -0.497 e. The van der Waals surface area contributed by atoms with Gasteiger partial charge in [-0.3, -0.25) is 14.4 Å². The molecule has 228 valence electrons. The average molecular weight is 588 g/mol. The first-order valence-electron chi connectivity index (χ1n) is 15.4.